The van der Waals surface area contributed by atoms with Gasteiger partial charge in [0.1, 0.15) is 5.56 Å². The molecule has 0 aliphatic carbocycles. The number of nitrogens with zero attached hydrogens (tertiary/aromatic N) is 5. The van der Waals surface area contributed by atoms with Crippen LogP contribution in [0.5, 0.6) is 0 Å². The molecule has 4 heterocycles. The van der Waals surface area contributed by atoms with Gasteiger partial charge >= 0.3 is 5.69 Å². The number of aromatic amines is 1. The second-order valence-corrected chi connectivity index (χ2v) is 8.15. The fraction of sp³-hybridized carbons (Fsp3) is 0.318. The van der Waals surface area contributed by atoms with Gasteiger partial charge in [0, 0.05) is 44.2 Å². The lowest BCUT2D eigenvalue weighted by Crippen LogP contribution is -2.41. The van der Waals surface area contributed by atoms with Crippen LogP contribution in [0.3, 0.4) is 0 Å². The summed E-state index contributed by atoms with van der Waals surface area (Å²) in [6, 6.07) is 12.5. The lowest BCUT2D eigenvalue weighted by Gasteiger charge is -2.22. The maximum absolute atomic E-state index is 13.1. The van der Waals surface area contributed by atoms with Crippen LogP contribution in [0.1, 0.15) is 16.1 Å². The summed E-state index contributed by atoms with van der Waals surface area (Å²) in [6.45, 7) is 4.64. The molecule has 0 bridgehead atoms. The molecular weight excluding hydrogens is 396 g/mol. The highest BCUT2D eigenvalue weighted by Gasteiger charge is 2.42. The van der Waals surface area contributed by atoms with E-state index in [0.29, 0.717) is 30.6 Å². The molecule has 2 unspecified atom stereocenters. The van der Waals surface area contributed by atoms with Crippen molar-refractivity contribution >= 4 is 11.7 Å². The Balaban J connectivity index is 1.35. The number of amides is 1. The second kappa shape index (κ2) is 7.50. The van der Waals surface area contributed by atoms with Crippen molar-refractivity contribution in [1.29, 1.82) is 0 Å². The van der Waals surface area contributed by atoms with Gasteiger partial charge in [0.2, 0.25) is 0 Å². The predicted octanol–water partition coefficient (Wildman–Crippen LogP) is 0.833. The monoisotopic (exact) mass is 418 g/mol. The molecule has 31 heavy (non-hydrogen) atoms. The summed E-state index contributed by atoms with van der Waals surface area (Å²) in [6.07, 6.45) is 1.23. The first kappa shape index (κ1) is 19.2. The van der Waals surface area contributed by atoms with Crippen molar-refractivity contribution < 1.29 is 4.79 Å². The lowest BCUT2D eigenvalue weighted by atomic mass is 10.0. The van der Waals surface area contributed by atoms with E-state index in [1.807, 2.05) is 19.1 Å². The van der Waals surface area contributed by atoms with Crippen molar-refractivity contribution in [3.8, 4) is 5.69 Å². The first-order valence-corrected chi connectivity index (χ1v) is 10.3. The summed E-state index contributed by atoms with van der Waals surface area (Å²) < 4.78 is 1.00. The summed E-state index contributed by atoms with van der Waals surface area (Å²) in [5, 5.41) is 8.39. The molecule has 1 N–H and O–H groups in total. The van der Waals surface area contributed by atoms with E-state index in [-0.39, 0.29) is 11.5 Å². The molecule has 0 radical (unpaired) electrons. The molecule has 9 heteroatoms. The van der Waals surface area contributed by atoms with Crippen molar-refractivity contribution in [3.05, 3.63) is 80.8 Å². The first-order chi connectivity index (χ1) is 15.0. The van der Waals surface area contributed by atoms with Crippen LogP contribution in [0.15, 0.2) is 58.3 Å². The van der Waals surface area contributed by atoms with E-state index in [9.17, 15) is 14.4 Å². The Kier molecular flexibility index (Phi) is 4.65. The van der Waals surface area contributed by atoms with Gasteiger partial charge in [-0.15, -0.1) is 5.10 Å². The smallest absolute Gasteiger partial charge is 0.333 e. The Morgan fingerprint density at radius 1 is 0.968 bits per heavy atom. The quantitative estimate of drug-likeness (QED) is 0.676. The molecule has 2 atom stereocenters. The number of carbonyl (C=O) groups excluding carboxylic acids is 1. The molecule has 2 aliphatic rings. The molecule has 2 aromatic heterocycles. The minimum atomic E-state index is -0.603. The highest BCUT2D eigenvalue weighted by Crippen LogP contribution is 2.33. The van der Waals surface area contributed by atoms with Gasteiger partial charge in [-0.25, -0.2) is 9.36 Å². The molecule has 0 saturated carbocycles. The van der Waals surface area contributed by atoms with Gasteiger partial charge in [-0.05, 0) is 31.2 Å². The van der Waals surface area contributed by atoms with Gasteiger partial charge in [-0.3, -0.25) is 9.59 Å². The van der Waals surface area contributed by atoms with Crippen LogP contribution in [-0.2, 0) is 0 Å². The van der Waals surface area contributed by atoms with Crippen LogP contribution in [0.4, 0.5) is 5.82 Å². The normalized spacial score (nSPS) is 20.2. The van der Waals surface area contributed by atoms with E-state index in [4.69, 9.17) is 0 Å². The molecule has 1 aromatic carbocycles. The van der Waals surface area contributed by atoms with Crippen molar-refractivity contribution in [3.63, 3.8) is 0 Å². The molecule has 2 aliphatic heterocycles. The third-order valence-electron chi connectivity index (χ3n) is 6.10. The number of hydrogen-bond donors (Lipinski definition) is 1. The van der Waals surface area contributed by atoms with E-state index in [1.54, 1.807) is 35.2 Å². The second-order valence-electron chi connectivity index (χ2n) is 8.15. The van der Waals surface area contributed by atoms with Gasteiger partial charge in [-0.1, -0.05) is 18.2 Å². The van der Waals surface area contributed by atoms with Crippen molar-refractivity contribution in [2.45, 2.75) is 6.92 Å². The summed E-state index contributed by atoms with van der Waals surface area (Å²) in [7, 11) is 0. The van der Waals surface area contributed by atoms with Crippen LogP contribution >= 0.6 is 0 Å². The highest BCUT2D eigenvalue weighted by molar-refractivity contribution is 5.93. The van der Waals surface area contributed by atoms with E-state index < -0.39 is 11.2 Å². The van der Waals surface area contributed by atoms with Gasteiger partial charge in [-0.2, -0.15) is 5.10 Å². The largest absolute Gasteiger partial charge is 0.354 e. The van der Waals surface area contributed by atoms with Crippen LogP contribution in [0.25, 0.3) is 5.69 Å². The number of rotatable bonds is 3. The number of anilines is 1. The number of carbonyl (C=O) groups is 1. The molecule has 2 saturated heterocycles. The van der Waals surface area contributed by atoms with Crippen molar-refractivity contribution in [1.82, 2.24) is 24.6 Å². The van der Waals surface area contributed by atoms with Gasteiger partial charge in [0.15, 0.2) is 5.82 Å². The van der Waals surface area contributed by atoms with Crippen LogP contribution in [-0.4, -0.2) is 56.7 Å². The van der Waals surface area contributed by atoms with E-state index in [1.165, 1.54) is 6.20 Å². The SMILES string of the molecule is Cc1ccc(N2CC3CN(C(=O)c4c[nH]c(=O)n(-c5ccccc5)c4=O)CC3C2)nn1. The minimum Gasteiger partial charge on any atom is -0.354 e. The summed E-state index contributed by atoms with van der Waals surface area (Å²) in [4.78, 5) is 44.8. The molecule has 5 rings (SSSR count). The maximum Gasteiger partial charge on any atom is 0.333 e. The minimum absolute atomic E-state index is 0.0234. The highest BCUT2D eigenvalue weighted by atomic mass is 16.2. The Morgan fingerprint density at radius 2 is 1.68 bits per heavy atom. The molecule has 2 fully saturated rings. The number of hydrogen-bond acceptors (Lipinski definition) is 6. The molecule has 0 spiro atoms. The van der Waals surface area contributed by atoms with Gasteiger partial charge in [0.05, 0.1) is 11.4 Å². The summed E-state index contributed by atoms with van der Waals surface area (Å²) >= 11 is 0. The van der Waals surface area contributed by atoms with Gasteiger partial charge < -0.3 is 14.8 Å². The number of benzene rings is 1. The zero-order valence-electron chi connectivity index (χ0n) is 17.1. The fourth-order valence-electron chi connectivity index (χ4n) is 4.51. The Hall–Kier alpha value is -3.75. The number of H-pyrrole nitrogens is 1. The standard InChI is InChI=1S/C22H22N6O3/c1-14-7-8-19(25-24-14)26-10-15-12-27(13-16(15)11-26)20(29)18-9-23-22(31)28(21(18)30)17-5-3-2-4-6-17/h2-9,15-16H,10-13H2,1H3,(H,23,31). The molecule has 158 valence electrons. The van der Waals surface area contributed by atoms with E-state index in [2.05, 4.69) is 20.1 Å². The fourth-order valence-corrected chi connectivity index (χ4v) is 4.51. The van der Waals surface area contributed by atoms with Crippen LogP contribution in [0.2, 0.25) is 0 Å². The topological polar surface area (TPSA) is 104 Å². The zero-order chi connectivity index (χ0) is 21.5. The number of aryl methyl sites for hydroxylation is 1. The van der Waals surface area contributed by atoms with E-state index in [0.717, 1.165) is 29.2 Å². The molecule has 1 amide bonds. The average molecular weight is 418 g/mol. The molecule has 3 aromatic rings. The predicted molar refractivity (Wildman–Crippen MR) is 115 cm³/mol. The number of likely N-dealkylation sites (tertiary alicyclic amines) is 1. The van der Waals surface area contributed by atoms with Crippen LogP contribution in [0, 0.1) is 18.8 Å². The Labute approximate surface area is 178 Å². The average Bonchev–Trinajstić information content (AvgIpc) is 3.34. The Morgan fingerprint density at radius 3 is 2.32 bits per heavy atom. The number of para-hydroxylation sites is 1. The number of fused-ring (bicyclic) bond motifs is 1. The number of nitrogens with one attached hydrogen (secondary N) is 1. The summed E-state index contributed by atoms with van der Waals surface area (Å²) in [5.74, 6) is 1.13. The third-order valence-corrected chi connectivity index (χ3v) is 6.10. The van der Waals surface area contributed by atoms with Crippen LogP contribution < -0.4 is 16.1 Å². The number of aromatic nitrogens is 4. The first-order valence-electron chi connectivity index (χ1n) is 10.3. The zero-order valence-corrected chi connectivity index (χ0v) is 17.1. The van der Waals surface area contributed by atoms with Gasteiger partial charge in [0.25, 0.3) is 11.5 Å². The van der Waals surface area contributed by atoms with Crippen molar-refractivity contribution in [2.24, 2.45) is 11.8 Å². The Bertz CT molecular complexity index is 1220. The summed E-state index contributed by atoms with van der Waals surface area (Å²) in [5.41, 5.74) is 0.109. The van der Waals surface area contributed by atoms with Crippen molar-refractivity contribution in [2.75, 3.05) is 31.1 Å². The third kappa shape index (κ3) is 3.41. The lowest BCUT2D eigenvalue weighted by molar-refractivity contribution is 0.0780. The molecule has 9 nitrogen and oxygen atoms in total. The maximum atomic E-state index is 13.1. The van der Waals surface area contributed by atoms with E-state index >= 15 is 0 Å². The molecular formula is C22H22N6O3.